The molecule has 4 nitrogen and oxygen atoms in total. The van der Waals surface area contributed by atoms with Crippen LogP contribution >= 0.6 is 0 Å². The molecule has 0 aromatic rings. The van der Waals surface area contributed by atoms with Gasteiger partial charge in [0.05, 0.1) is 25.4 Å². The summed E-state index contributed by atoms with van der Waals surface area (Å²) >= 11 is 0. The molecule has 110 valence electrons. The lowest BCUT2D eigenvalue weighted by Crippen LogP contribution is -2.42. The summed E-state index contributed by atoms with van der Waals surface area (Å²) in [5.41, 5.74) is -0.469. The Labute approximate surface area is 116 Å². The molecule has 0 amide bonds. The maximum Gasteiger partial charge on any atom is 0.126 e. The summed E-state index contributed by atoms with van der Waals surface area (Å²) in [7, 11) is 0. The maximum absolute atomic E-state index is 8.93. The van der Waals surface area contributed by atoms with E-state index in [9.17, 15) is 0 Å². The first kappa shape index (κ1) is 16.5. The smallest absolute Gasteiger partial charge is 0.126 e. The zero-order chi connectivity index (χ0) is 14.4. The number of rotatable bonds is 5. The van der Waals surface area contributed by atoms with Gasteiger partial charge >= 0.3 is 0 Å². The van der Waals surface area contributed by atoms with Gasteiger partial charge in [-0.15, -0.1) is 0 Å². The van der Waals surface area contributed by atoms with E-state index in [-0.39, 0.29) is 24.4 Å². The molecule has 1 aliphatic heterocycles. The number of aliphatic hydroxyl groups is 2. The van der Waals surface area contributed by atoms with Crippen molar-refractivity contribution in [1.29, 1.82) is 0 Å². The van der Waals surface area contributed by atoms with E-state index in [4.69, 9.17) is 14.9 Å². The van der Waals surface area contributed by atoms with Gasteiger partial charge in [0.1, 0.15) is 5.60 Å². The quantitative estimate of drug-likeness (QED) is 0.732. The van der Waals surface area contributed by atoms with E-state index in [1.807, 2.05) is 11.8 Å². The second kappa shape index (κ2) is 7.25. The molecule has 2 N–H and O–H groups in total. The van der Waals surface area contributed by atoms with Gasteiger partial charge in [-0.2, -0.15) is 0 Å². The molecule has 1 rings (SSSR count). The van der Waals surface area contributed by atoms with Gasteiger partial charge in [-0.05, 0) is 40.0 Å². The van der Waals surface area contributed by atoms with Crippen LogP contribution in [0.4, 0.5) is 0 Å². The highest BCUT2D eigenvalue weighted by molar-refractivity contribution is 5.15. The Balaban J connectivity index is 2.55. The molecule has 1 fully saturated rings. The molecular weight excluding hydrogens is 242 g/mol. The highest BCUT2D eigenvalue weighted by atomic mass is 16.5. The summed E-state index contributed by atoms with van der Waals surface area (Å²) in [6.45, 7) is 8.07. The van der Waals surface area contributed by atoms with Crippen LogP contribution in [0.5, 0.6) is 0 Å². The van der Waals surface area contributed by atoms with Crippen LogP contribution in [0.2, 0.25) is 0 Å². The van der Waals surface area contributed by atoms with Crippen LogP contribution in [-0.2, 0) is 4.74 Å². The Morgan fingerprint density at radius 1 is 1.11 bits per heavy atom. The molecule has 1 atom stereocenters. The monoisotopic (exact) mass is 269 g/mol. The minimum Gasteiger partial charge on any atom is -0.395 e. The molecule has 0 aromatic heterocycles. The van der Waals surface area contributed by atoms with E-state index in [2.05, 4.69) is 25.7 Å². The van der Waals surface area contributed by atoms with Gasteiger partial charge in [0.25, 0.3) is 0 Å². The SMILES string of the molecule is CC1(C)CCC[C@](C)(C#CCN(CCO)CCO)O1. The molecule has 0 aliphatic carbocycles. The Morgan fingerprint density at radius 3 is 2.26 bits per heavy atom. The minimum atomic E-state index is -0.369. The average molecular weight is 269 g/mol. The van der Waals surface area contributed by atoms with E-state index in [1.165, 1.54) is 0 Å². The van der Waals surface area contributed by atoms with Crippen LogP contribution in [0, 0.1) is 11.8 Å². The normalized spacial score (nSPS) is 26.0. The van der Waals surface area contributed by atoms with Crippen molar-refractivity contribution < 1.29 is 14.9 Å². The Morgan fingerprint density at radius 2 is 1.74 bits per heavy atom. The third kappa shape index (κ3) is 5.92. The predicted octanol–water partition coefficient (Wildman–Crippen LogP) is 1.01. The summed E-state index contributed by atoms with van der Waals surface area (Å²) in [6.07, 6.45) is 3.17. The largest absolute Gasteiger partial charge is 0.395 e. The van der Waals surface area contributed by atoms with Crippen molar-refractivity contribution in [1.82, 2.24) is 4.90 Å². The van der Waals surface area contributed by atoms with Gasteiger partial charge in [0, 0.05) is 13.1 Å². The van der Waals surface area contributed by atoms with Gasteiger partial charge < -0.3 is 14.9 Å². The Hall–Kier alpha value is -0.600. The average Bonchev–Trinajstić information content (AvgIpc) is 2.27. The lowest BCUT2D eigenvalue weighted by molar-refractivity contribution is -0.135. The van der Waals surface area contributed by atoms with Crippen LogP contribution in [0.15, 0.2) is 0 Å². The van der Waals surface area contributed by atoms with Crippen molar-refractivity contribution >= 4 is 0 Å². The van der Waals surface area contributed by atoms with Crippen LogP contribution in [0.1, 0.15) is 40.0 Å². The fourth-order valence-electron chi connectivity index (χ4n) is 2.54. The molecular formula is C15H27NO3. The first-order valence-corrected chi connectivity index (χ1v) is 7.05. The van der Waals surface area contributed by atoms with Crippen LogP contribution in [0.25, 0.3) is 0 Å². The van der Waals surface area contributed by atoms with E-state index < -0.39 is 0 Å². The van der Waals surface area contributed by atoms with E-state index in [0.29, 0.717) is 19.6 Å². The lowest BCUT2D eigenvalue weighted by atomic mass is 9.88. The molecule has 0 bridgehead atoms. The standard InChI is InChI=1S/C15H27NO3/c1-14(2)6-4-7-15(3,19-14)8-5-9-16(10-12-17)11-13-18/h17-18H,4,6-7,9-13H2,1-3H3/t15-/m1/s1. The van der Waals surface area contributed by atoms with Gasteiger partial charge in [-0.3, -0.25) is 4.90 Å². The Kier molecular flexibility index (Phi) is 6.28. The fraction of sp³-hybridized carbons (Fsp3) is 0.867. The van der Waals surface area contributed by atoms with Crippen molar-refractivity contribution in [3.05, 3.63) is 0 Å². The Bertz CT molecular complexity index is 326. The first-order chi connectivity index (χ1) is 8.91. The molecule has 0 unspecified atom stereocenters. The number of nitrogens with zero attached hydrogens (tertiary/aromatic N) is 1. The summed E-state index contributed by atoms with van der Waals surface area (Å²) in [5.74, 6) is 6.36. The number of aliphatic hydroxyl groups excluding tert-OH is 2. The zero-order valence-corrected chi connectivity index (χ0v) is 12.4. The number of ether oxygens (including phenoxy) is 1. The van der Waals surface area contributed by atoms with Crippen molar-refractivity contribution in [2.75, 3.05) is 32.8 Å². The zero-order valence-electron chi connectivity index (χ0n) is 12.4. The fourth-order valence-corrected chi connectivity index (χ4v) is 2.54. The second-order valence-electron chi connectivity index (χ2n) is 5.97. The van der Waals surface area contributed by atoms with Crippen LogP contribution in [-0.4, -0.2) is 59.2 Å². The number of hydrogen-bond acceptors (Lipinski definition) is 4. The van der Waals surface area contributed by atoms with Gasteiger partial charge in [-0.1, -0.05) is 11.8 Å². The summed E-state index contributed by atoms with van der Waals surface area (Å²) in [6, 6.07) is 0. The van der Waals surface area contributed by atoms with E-state index >= 15 is 0 Å². The van der Waals surface area contributed by atoms with Gasteiger partial charge in [-0.25, -0.2) is 0 Å². The molecule has 0 saturated carbocycles. The van der Waals surface area contributed by atoms with Gasteiger partial charge in [0.2, 0.25) is 0 Å². The van der Waals surface area contributed by atoms with Crippen molar-refractivity contribution in [2.45, 2.75) is 51.2 Å². The molecule has 1 aliphatic rings. The van der Waals surface area contributed by atoms with Crippen LogP contribution in [0.3, 0.4) is 0 Å². The van der Waals surface area contributed by atoms with E-state index in [0.717, 1.165) is 19.3 Å². The molecule has 1 heterocycles. The third-order valence-electron chi connectivity index (χ3n) is 3.42. The molecule has 0 radical (unpaired) electrons. The van der Waals surface area contributed by atoms with E-state index in [1.54, 1.807) is 0 Å². The topological polar surface area (TPSA) is 52.9 Å². The van der Waals surface area contributed by atoms with Crippen molar-refractivity contribution in [3.8, 4) is 11.8 Å². The second-order valence-corrected chi connectivity index (χ2v) is 5.97. The van der Waals surface area contributed by atoms with Crippen LogP contribution < -0.4 is 0 Å². The lowest BCUT2D eigenvalue weighted by Gasteiger charge is -2.40. The maximum atomic E-state index is 8.93. The highest BCUT2D eigenvalue weighted by Gasteiger charge is 2.35. The summed E-state index contributed by atoms with van der Waals surface area (Å²) < 4.78 is 6.07. The molecule has 0 aromatic carbocycles. The van der Waals surface area contributed by atoms with Crippen molar-refractivity contribution in [2.24, 2.45) is 0 Å². The molecule has 19 heavy (non-hydrogen) atoms. The highest BCUT2D eigenvalue weighted by Crippen LogP contribution is 2.34. The minimum absolute atomic E-state index is 0.0858. The predicted molar refractivity (Wildman–Crippen MR) is 75.8 cm³/mol. The third-order valence-corrected chi connectivity index (χ3v) is 3.42. The molecule has 4 heteroatoms. The van der Waals surface area contributed by atoms with Crippen molar-refractivity contribution in [3.63, 3.8) is 0 Å². The number of hydrogen-bond donors (Lipinski definition) is 2. The first-order valence-electron chi connectivity index (χ1n) is 7.05. The molecule has 1 saturated heterocycles. The summed E-state index contributed by atoms with van der Waals surface area (Å²) in [4.78, 5) is 1.93. The van der Waals surface area contributed by atoms with Gasteiger partial charge in [0.15, 0.2) is 0 Å². The summed E-state index contributed by atoms with van der Waals surface area (Å²) in [5, 5.41) is 17.9. The molecule has 0 spiro atoms.